The molecular formula is C13H6F4O. The molecule has 0 saturated carbocycles. The zero-order chi connectivity index (χ0) is 13.3. The third-order valence-electron chi connectivity index (χ3n) is 2.35. The standard InChI is InChI=1S/C13H6F4O/c14-9-3-1-7(2-4-9)13(18)8-5-10(15)12(17)11(16)6-8/h1-6H. The smallest absolute Gasteiger partial charge is 0.194 e. The summed E-state index contributed by atoms with van der Waals surface area (Å²) in [6.07, 6.45) is 0. The van der Waals surface area contributed by atoms with Crippen molar-refractivity contribution in [3.8, 4) is 0 Å². The summed E-state index contributed by atoms with van der Waals surface area (Å²) >= 11 is 0. The van der Waals surface area contributed by atoms with Gasteiger partial charge in [0.2, 0.25) is 0 Å². The molecule has 5 heteroatoms. The monoisotopic (exact) mass is 254 g/mol. The molecule has 0 aliphatic carbocycles. The highest BCUT2D eigenvalue weighted by Crippen LogP contribution is 2.17. The molecule has 0 amide bonds. The first-order valence-electron chi connectivity index (χ1n) is 4.94. The van der Waals surface area contributed by atoms with Crippen LogP contribution in [-0.4, -0.2) is 5.78 Å². The molecule has 0 aromatic heterocycles. The van der Waals surface area contributed by atoms with E-state index in [0.717, 1.165) is 12.1 Å². The Morgan fingerprint density at radius 2 is 1.28 bits per heavy atom. The molecular weight excluding hydrogens is 248 g/mol. The minimum Gasteiger partial charge on any atom is -0.289 e. The average molecular weight is 254 g/mol. The molecule has 0 aliphatic rings. The van der Waals surface area contributed by atoms with Crippen LogP contribution in [0.25, 0.3) is 0 Å². The fraction of sp³-hybridized carbons (Fsp3) is 0. The van der Waals surface area contributed by atoms with Gasteiger partial charge in [0.1, 0.15) is 5.82 Å². The minimum atomic E-state index is -1.63. The summed E-state index contributed by atoms with van der Waals surface area (Å²) in [6.45, 7) is 0. The van der Waals surface area contributed by atoms with Crippen LogP contribution in [0, 0.1) is 23.3 Å². The molecule has 2 aromatic carbocycles. The molecule has 0 N–H and O–H groups in total. The van der Waals surface area contributed by atoms with E-state index in [4.69, 9.17) is 0 Å². The summed E-state index contributed by atoms with van der Waals surface area (Å²) in [5.41, 5.74) is -0.278. The molecule has 0 unspecified atom stereocenters. The molecule has 92 valence electrons. The van der Waals surface area contributed by atoms with Crippen molar-refractivity contribution < 1.29 is 22.4 Å². The average Bonchev–Trinajstić information content (AvgIpc) is 2.35. The van der Waals surface area contributed by atoms with Crippen molar-refractivity contribution in [1.82, 2.24) is 0 Å². The zero-order valence-corrected chi connectivity index (χ0v) is 8.88. The quantitative estimate of drug-likeness (QED) is 0.455. The van der Waals surface area contributed by atoms with E-state index in [1.807, 2.05) is 0 Å². The van der Waals surface area contributed by atoms with Crippen LogP contribution in [0.3, 0.4) is 0 Å². The van der Waals surface area contributed by atoms with Crippen LogP contribution in [0.1, 0.15) is 15.9 Å². The molecule has 2 aromatic rings. The topological polar surface area (TPSA) is 17.1 Å². The summed E-state index contributed by atoms with van der Waals surface area (Å²) in [5.74, 6) is -5.78. The first kappa shape index (κ1) is 12.3. The second kappa shape index (κ2) is 4.60. The molecule has 0 spiro atoms. The molecule has 0 heterocycles. The van der Waals surface area contributed by atoms with Gasteiger partial charge < -0.3 is 0 Å². The Hall–Kier alpha value is -2.17. The van der Waals surface area contributed by atoms with Gasteiger partial charge in [-0.1, -0.05) is 0 Å². The predicted molar refractivity (Wildman–Crippen MR) is 56.1 cm³/mol. The van der Waals surface area contributed by atoms with E-state index in [2.05, 4.69) is 0 Å². The molecule has 1 nitrogen and oxygen atoms in total. The number of hydrogen-bond donors (Lipinski definition) is 0. The van der Waals surface area contributed by atoms with Crippen LogP contribution in [-0.2, 0) is 0 Å². The van der Waals surface area contributed by atoms with E-state index in [1.54, 1.807) is 0 Å². The third kappa shape index (κ3) is 2.25. The van der Waals surface area contributed by atoms with Crippen molar-refractivity contribution in [3.05, 3.63) is 70.8 Å². The van der Waals surface area contributed by atoms with Gasteiger partial charge in [-0.25, -0.2) is 17.6 Å². The molecule has 0 saturated heterocycles. The minimum absolute atomic E-state index is 0.0572. The van der Waals surface area contributed by atoms with Crippen LogP contribution < -0.4 is 0 Å². The van der Waals surface area contributed by atoms with Gasteiger partial charge in [-0.15, -0.1) is 0 Å². The van der Waals surface area contributed by atoms with E-state index in [9.17, 15) is 22.4 Å². The van der Waals surface area contributed by atoms with E-state index in [-0.39, 0.29) is 11.1 Å². The normalized spacial score (nSPS) is 10.4. The number of halogens is 4. The van der Waals surface area contributed by atoms with Crippen LogP contribution >= 0.6 is 0 Å². The second-order valence-electron chi connectivity index (χ2n) is 3.59. The molecule has 0 bridgehead atoms. The van der Waals surface area contributed by atoms with Gasteiger partial charge in [0.15, 0.2) is 23.2 Å². The summed E-state index contributed by atoms with van der Waals surface area (Å²) in [5, 5.41) is 0. The maximum Gasteiger partial charge on any atom is 0.194 e. The first-order valence-corrected chi connectivity index (χ1v) is 4.94. The Morgan fingerprint density at radius 3 is 1.78 bits per heavy atom. The third-order valence-corrected chi connectivity index (χ3v) is 2.35. The number of rotatable bonds is 2. The van der Waals surface area contributed by atoms with E-state index in [1.165, 1.54) is 12.1 Å². The lowest BCUT2D eigenvalue weighted by Crippen LogP contribution is -2.04. The largest absolute Gasteiger partial charge is 0.289 e. The zero-order valence-electron chi connectivity index (χ0n) is 8.88. The van der Waals surface area contributed by atoms with Gasteiger partial charge in [0.05, 0.1) is 0 Å². The maximum atomic E-state index is 13.0. The lowest BCUT2D eigenvalue weighted by Gasteiger charge is -2.03. The highest BCUT2D eigenvalue weighted by molar-refractivity contribution is 6.08. The van der Waals surface area contributed by atoms with Crippen LogP contribution in [0.15, 0.2) is 36.4 Å². The number of benzene rings is 2. The number of carbonyl (C=O) groups excluding carboxylic acids is 1. The summed E-state index contributed by atoms with van der Waals surface area (Å²) in [4.78, 5) is 11.8. The van der Waals surface area contributed by atoms with E-state index in [0.29, 0.717) is 12.1 Å². The second-order valence-corrected chi connectivity index (χ2v) is 3.59. The number of carbonyl (C=O) groups is 1. The van der Waals surface area contributed by atoms with Crippen molar-refractivity contribution in [3.63, 3.8) is 0 Å². The molecule has 2 rings (SSSR count). The van der Waals surface area contributed by atoms with Gasteiger partial charge in [-0.3, -0.25) is 4.79 Å². The number of ketones is 1. The Kier molecular flexibility index (Phi) is 3.14. The Labute approximate surface area is 99.7 Å². The summed E-state index contributed by atoms with van der Waals surface area (Å²) < 4.78 is 51.3. The van der Waals surface area contributed by atoms with E-state index < -0.39 is 29.1 Å². The Balaban J connectivity index is 2.43. The molecule has 0 atom stereocenters. The van der Waals surface area contributed by atoms with Crippen LogP contribution in [0.5, 0.6) is 0 Å². The highest BCUT2D eigenvalue weighted by atomic mass is 19.2. The molecule has 0 radical (unpaired) electrons. The lowest BCUT2D eigenvalue weighted by molar-refractivity contribution is 0.103. The maximum absolute atomic E-state index is 13.0. The van der Waals surface area contributed by atoms with Crippen LogP contribution in [0.4, 0.5) is 17.6 Å². The summed E-state index contributed by atoms with van der Waals surface area (Å²) in [7, 11) is 0. The Bertz CT molecular complexity index is 582. The van der Waals surface area contributed by atoms with Crippen molar-refractivity contribution in [2.75, 3.05) is 0 Å². The highest BCUT2D eigenvalue weighted by Gasteiger charge is 2.16. The van der Waals surface area contributed by atoms with Crippen molar-refractivity contribution in [2.24, 2.45) is 0 Å². The van der Waals surface area contributed by atoms with Gasteiger partial charge in [-0.05, 0) is 36.4 Å². The van der Waals surface area contributed by atoms with Gasteiger partial charge >= 0.3 is 0 Å². The van der Waals surface area contributed by atoms with Gasteiger partial charge in [0, 0.05) is 11.1 Å². The fourth-order valence-electron chi connectivity index (χ4n) is 1.45. The van der Waals surface area contributed by atoms with Crippen molar-refractivity contribution in [1.29, 1.82) is 0 Å². The van der Waals surface area contributed by atoms with Crippen molar-refractivity contribution >= 4 is 5.78 Å². The fourth-order valence-corrected chi connectivity index (χ4v) is 1.45. The predicted octanol–water partition coefficient (Wildman–Crippen LogP) is 3.47. The van der Waals surface area contributed by atoms with Gasteiger partial charge in [0.25, 0.3) is 0 Å². The first-order chi connectivity index (χ1) is 8.49. The number of hydrogen-bond acceptors (Lipinski definition) is 1. The molecule has 0 fully saturated rings. The molecule has 0 aliphatic heterocycles. The van der Waals surface area contributed by atoms with Crippen molar-refractivity contribution in [2.45, 2.75) is 0 Å². The van der Waals surface area contributed by atoms with E-state index >= 15 is 0 Å². The molecule has 18 heavy (non-hydrogen) atoms. The van der Waals surface area contributed by atoms with Crippen LogP contribution in [0.2, 0.25) is 0 Å². The summed E-state index contributed by atoms with van der Waals surface area (Å²) in [6, 6.07) is 5.65. The van der Waals surface area contributed by atoms with Gasteiger partial charge in [-0.2, -0.15) is 0 Å². The Morgan fingerprint density at radius 1 is 0.778 bits per heavy atom. The SMILES string of the molecule is O=C(c1ccc(F)cc1)c1cc(F)c(F)c(F)c1. The lowest BCUT2D eigenvalue weighted by atomic mass is 10.0.